The van der Waals surface area contributed by atoms with Gasteiger partial charge >= 0.3 is 0 Å². The molecule has 0 saturated heterocycles. The van der Waals surface area contributed by atoms with Gasteiger partial charge in [-0.15, -0.1) is 0 Å². The fraction of sp³-hybridized carbons (Fsp3) is 0.417. The standard InChI is InChI=1S/C12H18N2O/c1-3-4-8-15-12-7-5-6-11(9-12)10-14-13-2/h5-7,9-10,13H,3-4,8H2,1-2H3/b14-10+. The Morgan fingerprint density at radius 2 is 2.33 bits per heavy atom. The van der Waals surface area contributed by atoms with Crippen molar-refractivity contribution < 1.29 is 4.74 Å². The Morgan fingerprint density at radius 3 is 3.07 bits per heavy atom. The van der Waals surface area contributed by atoms with E-state index in [2.05, 4.69) is 17.5 Å². The Kier molecular flexibility index (Phi) is 5.30. The van der Waals surface area contributed by atoms with Crippen LogP contribution in [0.4, 0.5) is 0 Å². The van der Waals surface area contributed by atoms with Gasteiger partial charge in [0.15, 0.2) is 0 Å². The first-order valence-corrected chi connectivity index (χ1v) is 5.29. The SMILES string of the molecule is CCCCOc1cccc(/C=N/NC)c1. The molecule has 82 valence electrons. The van der Waals surface area contributed by atoms with Gasteiger partial charge in [0.25, 0.3) is 0 Å². The van der Waals surface area contributed by atoms with Gasteiger partial charge in [0.1, 0.15) is 5.75 Å². The van der Waals surface area contributed by atoms with E-state index in [4.69, 9.17) is 4.74 Å². The molecule has 0 aliphatic carbocycles. The van der Waals surface area contributed by atoms with Crippen LogP contribution in [0.1, 0.15) is 25.3 Å². The summed E-state index contributed by atoms with van der Waals surface area (Å²) in [6, 6.07) is 7.91. The Morgan fingerprint density at radius 1 is 1.47 bits per heavy atom. The van der Waals surface area contributed by atoms with Crippen molar-refractivity contribution in [3.05, 3.63) is 29.8 Å². The van der Waals surface area contributed by atoms with Crippen molar-refractivity contribution in [2.45, 2.75) is 19.8 Å². The molecule has 0 saturated carbocycles. The van der Waals surface area contributed by atoms with Crippen LogP contribution < -0.4 is 10.2 Å². The van der Waals surface area contributed by atoms with Gasteiger partial charge in [0.05, 0.1) is 12.8 Å². The van der Waals surface area contributed by atoms with E-state index in [9.17, 15) is 0 Å². The van der Waals surface area contributed by atoms with Crippen molar-refractivity contribution >= 4 is 6.21 Å². The maximum atomic E-state index is 5.58. The molecule has 1 aromatic carbocycles. The Labute approximate surface area is 91.1 Å². The largest absolute Gasteiger partial charge is 0.494 e. The lowest BCUT2D eigenvalue weighted by atomic mass is 10.2. The average Bonchev–Trinajstić information content (AvgIpc) is 2.27. The third-order valence-electron chi connectivity index (χ3n) is 1.97. The van der Waals surface area contributed by atoms with Crippen LogP contribution in [0.3, 0.4) is 0 Å². The van der Waals surface area contributed by atoms with E-state index in [1.807, 2.05) is 24.3 Å². The number of hydrogen-bond donors (Lipinski definition) is 1. The van der Waals surface area contributed by atoms with Crippen LogP contribution in [0.5, 0.6) is 5.75 Å². The summed E-state index contributed by atoms with van der Waals surface area (Å²) in [6.07, 6.45) is 4.02. The van der Waals surface area contributed by atoms with E-state index >= 15 is 0 Å². The molecule has 15 heavy (non-hydrogen) atoms. The van der Waals surface area contributed by atoms with Crippen LogP contribution >= 0.6 is 0 Å². The smallest absolute Gasteiger partial charge is 0.119 e. The van der Waals surface area contributed by atoms with Crippen molar-refractivity contribution in [1.29, 1.82) is 0 Å². The van der Waals surface area contributed by atoms with Gasteiger partial charge in [-0.1, -0.05) is 25.5 Å². The first-order valence-electron chi connectivity index (χ1n) is 5.29. The summed E-state index contributed by atoms with van der Waals surface area (Å²) < 4.78 is 5.58. The zero-order valence-corrected chi connectivity index (χ0v) is 9.36. The molecule has 1 N–H and O–H groups in total. The summed E-state index contributed by atoms with van der Waals surface area (Å²) in [5, 5.41) is 3.95. The minimum absolute atomic E-state index is 0.781. The van der Waals surface area contributed by atoms with Crippen LogP contribution in [-0.2, 0) is 0 Å². The number of hydrazone groups is 1. The summed E-state index contributed by atoms with van der Waals surface area (Å²) >= 11 is 0. The van der Waals surface area contributed by atoms with E-state index in [1.165, 1.54) is 0 Å². The third-order valence-corrected chi connectivity index (χ3v) is 1.97. The molecule has 0 radical (unpaired) electrons. The highest BCUT2D eigenvalue weighted by Gasteiger charge is 1.94. The van der Waals surface area contributed by atoms with Crippen LogP contribution in [0.25, 0.3) is 0 Å². The first kappa shape index (κ1) is 11.6. The van der Waals surface area contributed by atoms with Crippen LogP contribution in [0.2, 0.25) is 0 Å². The predicted molar refractivity (Wildman–Crippen MR) is 63.5 cm³/mol. The van der Waals surface area contributed by atoms with E-state index < -0.39 is 0 Å². The molecule has 0 heterocycles. The lowest BCUT2D eigenvalue weighted by Gasteiger charge is -2.05. The van der Waals surface area contributed by atoms with Gasteiger partial charge in [-0.3, -0.25) is 0 Å². The topological polar surface area (TPSA) is 33.6 Å². The van der Waals surface area contributed by atoms with Gasteiger partial charge in [0.2, 0.25) is 0 Å². The quantitative estimate of drug-likeness (QED) is 0.440. The van der Waals surface area contributed by atoms with Crippen molar-refractivity contribution in [1.82, 2.24) is 5.43 Å². The summed E-state index contributed by atoms with van der Waals surface area (Å²) in [4.78, 5) is 0. The highest BCUT2D eigenvalue weighted by atomic mass is 16.5. The molecule has 0 aliphatic rings. The molecule has 0 amide bonds. The highest BCUT2D eigenvalue weighted by Crippen LogP contribution is 2.12. The van der Waals surface area contributed by atoms with Gasteiger partial charge in [-0.05, 0) is 24.1 Å². The fourth-order valence-electron chi connectivity index (χ4n) is 1.16. The van der Waals surface area contributed by atoms with Crippen LogP contribution in [-0.4, -0.2) is 19.9 Å². The molecule has 0 aliphatic heterocycles. The number of benzene rings is 1. The van der Waals surface area contributed by atoms with Crippen molar-refractivity contribution in [2.24, 2.45) is 5.10 Å². The highest BCUT2D eigenvalue weighted by molar-refractivity contribution is 5.79. The second kappa shape index (κ2) is 6.87. The minimum Gasteiger partial charge on any atom is -0.494 e. The molecule has 0 spiro atoms. The summed E-state index contributed by atoms with van der Waals surface area (Å²) in [6.45, 7) is 2.93. The molecule has 0 atom stereocenters. The predicted octanol–water partition coefficient (Wildman–Crippen LogP) is 2.42. The normalized spacial score (nSPS) is 10.5. The average molecular weight is 206 g/mol. The van der Waals surface area contributed by atoms with Crippen LogP contribution in [0, 0.1) is 0 Å². The van der Waals surface area contributed by atoms with E-state index in [-0.39, 0.29) is 0 Å². The molecule has 3 heteroatoms. The van der Waals surface area contributed by atoms with Gasteiger partial charge in [0, 0.05) is 7.05 Å². The molecule has 0 fully saturated rings. The number of nitrogens with zero attached hydrogens (tertiary/aromatic N) is 1. The van der Waals surface area contributed by atoms with Crippen molar-refractivity contribution in [3.63, 3.8) is 0 Å². The molecule has 0 bridgehead atoms. The lowest BCUT2D eigenvalue weighted by molar-refractivity contribution is 0.309. The van der Waals surface area contributed by atoms with Gasteiger partial charge in [-0.25, -0.2) is 0 Å². The fourth-order valence-corrected chi connectivity index (χ4v) is 1.16. The monoisotopic (exact) mass is 206 g/mol. The number of hydrogen-bond acceptors (Lipinski definition) is 3. The number of ether oxygens (including phenoxy) is 1. The van der Waals surface area contributed by atoms with E-state index in [0.29, 0.717) is 0 Å². The zero-order chi connectivity index (χ0) is 10.9. The van der Waals surface area contributed by atoms with Gasteiger partial charge < -0.3 is 10.2 Å². The molecule has 0 aromatic heterocycles. The number of nitrogens with one attached hydrogen (secondary N) is 1. The van der Waals surface area contributed by atoms with E-state index in [0.717, 1.165) is 30.8 Å². The molecule has 1 rings (SSSR count). The third kappa shape index (κ3) is 4.49. The lowest BCUT2D eigenvalue weighted by Crippen LogP contribution is -1.98. The molecular formula is C12H18N2O. The number of rotatable bonds is 6. The summed E-state index contributed by atoms with van der Waals surface area (Å²) in [5.41, 5.74) is 3.76. The van der Waals surface area contributed by atoms with Crippen molar-refractivity contribution in [2.75, 3.05) is 13.7 Å². The maximum absolute atomic E-state index is 5.58. The second-order valence-corrected chi connectivity index (χ2v) is 3.26. The number of unbranched alkanes of at least 4 members (excludes halogenated alkanes) is 1. The summed E-state index contributed by atoms with van der Waals surface area (Å²) in [7, 11) is 1.78. The Bertz CT molecular complexity index is 310. The zero-order valence-electron chi connectivity index (χ0n) is 9.36. The van der Waals surface area contributed by atoms with Crippen LogP contribution in [0.15, 0.2) is 29.4 Å². The first-order chi connectivity index (χ1) is 7.36. The van der Waals surface area contributed by atoms with Crippen molar-refractivity contribution in [3.8, 4) is 5.75 Å². The summed E-state index contributed by atoms with van der Waals surface area (Å²) in [5.74, 6) is 0.906. The Balaban J connectivity index is 2.53. The minimum atomic E-state index is 0.781. The molecular weight excluding hydrogens is 188 g/mol. The maximum Gasteiger partial charge on any atom is 0.119 e. The molecule has 0 unspecified atom stereocenters. The van der Waals surface area contributed by atoms with E-state index in [1.54, 1.807) is 13.3 Å². The molecule has 3 nitrogen and oxygen atoms in total. The Hall–Kier alpha value is -1.51. The molecule has 1 aromatic rings. The second-order valence-electron chi connectivity index (χ2n) is 3.26. The van der Waals surface area contributed by atoms with Gasteiger partial charge in [-0.2, -0.15) is 5.10 Å².